The van der Waals surface area contributed by atoms with Gasteiger partial charge < -0.3 is 14.5 Å². The highest BCUT2D eigenvalue weighted by Gasteiger charge is 2.14. The quantitative estimate of drug-likeness (QED) is 0.567. The molecule has 3 heteroatoms. The van der Waals surface area contributed by atoms with E-state index in [2.05, 4.69) is 37.6 Å². The molecule has 132 valence electrons. The number of methoxy groups -OCH3 is 1. The minimum Gasteiger partial charge on any atom is -0.381 e. The van der Waals surface area contributed by atoms with Crippen molar-refractivity contribution in [3.8, 4) is 0 Å². The first-order valence-corrected chi connectivity index (χ1v) is 9.34. The van der Waals surface area contributed by atoms with Gasteiger partial charge in [-0.15, -0.1) is 0 Å². The maximum Gasteiger partial charge on any atom is 0.0571 e. The predicted molar refractivity (Wildman–Crippen MR) is 96.5 cm³/mol. The molecule has 22 heavy (non-hydrogen) atoms. The summed E-state index contributed by atoms with van der Waals surface area (Å²) in [5.74, 6) is 0. The van der Waals surface area contributed by atoms with Gasteiger partial charge in [-0.25, -0.2) is 0 Å². The van der Waals surface area contributed by atoms with Gasteiger partial charge in [0.15, 0.2) is 0 Å². The third-order valence-corrected chi connectivity index (χ3v) is 4.88. The van der Waals surface area contributed by atoms with Crippen LogP contribution < -0.4 is 0 Å². The van der Waals surface area contributed by atoms with Gasteiger partial charge in [0, 0.05) is 33.3 Å². The van der Waals surface area contributed by atoms with Crippen molar-refractivity contribution < 1.29 is 4.74 Å². The molecule has 1 rings (SSSR count). The van der Waals surface area contributed by atoms with Crippen LogP contribution in [-0.4, -0.2) is 62.8 Å². The average molecular weight is 313 g/mol. The van der Waals surface area contributed by atoms with Crippen LogP contribution in [0.2, 0.25) is 0 Å². The molecule has 1 saturated heterocycles. The molecule has 0 radical (unpaired) electrons. The van der Waals surface area contributed by atoms with Crippen LogP contribution in [0.1, 0.15) is 65.7 Å². The van der Waals surface area contributed by atoms with E-state index in [9.17, 15) is 0 Å². The monoisotopic (exact) mass is 312 g/mol. The van der Waals surface area contributed by atoms with E-state index < -0.39 is 0 Å². The molecule has 0 N–H and O–H groups in total. The summed E-state index contributed by atoms with van der Waals surface area (Å²) in [6.07, 6.45) is 9.57. The molecule has 0 saturated carbocycles. The number of hydrogen-bond donors (Lipinski definition) is 0. The maximum atomic E-state index is 5.66. The number of ether oxygens (including phenoxy) is 1. The van der Waals surface area contributed by atoms with Crippen LogP contribution in [0.25, 0.3) is 0 Å². The van der Waals surface area contributed by atoms with Crippen molar-refractivity contribution in [1.82, 2.24) is 9.80 Å². The summed E-state index contributed by atoms with van der Waals surface area (Å²) in [5.41, 5.74) is 0.459. The molecule has 1 atom stereocenters. The number of likely N-dealkylation sites (N-methyl/N-ethyl adjacent to an activating group) is 1. The summed E-state index contributed by atoms with van der Waals surface area (Å²) in [6, 6.07) is 0. The Morgan fingerprint density at radius 3 is 2.14 bits per heavy atom. The third-order valence-electron chi connectivity index (χ3n) is 4.88. The summed E-state index contributed by atoms with van der Waals surface area (Å²) in [7, 11) is 4.11. The Bertz CT molecular complexity index is 267. The zero-order chi connectivity index (χ0) is 16.4. The first kappa shape index (κ1) is 19.9. The van der Waals surface area contributed by atoms with Crippen molar-refractivity contribution in [3.05, 3.63) is 0 Å². The topological polar surface area (TPSA) is 15.7 Å². The van der Waals surface area contributed by atoms with E-state index in [1.807, 2.05) is 7.11 Å². The molecule has 0 amide bonds. The molecule has 0 unspecified atom stereocenters. The van der Waals surface area contributed by atoms with Crippen LogP contribution in [0.4, 0.5) is 0 Å². The van der Waals surface area contributed by atoms with Gasteiger partial charge in [-0.05, 0) is 44.7 Å². The van der Waals surface area contributed by atoms with Gasteiger partial charge in [-0.1, -0.05) is 40.0 Å². The van der Waals surface area contributed by atoms with E-state index in [1.165, 1.54) is 77.7 Å². The van der Waals surface area contributed by atoms with Crippen LogP contribution in [0.5, 0.6) is 0 Å². The lowest BCUT2D eigenvalue weighted by Crippen LogP contribution is -2.44. The second kappa shape index (κ2) is 10.6. The highest BCUT2D eigenvalue weighted by atomic mass is 16.5. The minimum absolute atomic E-state index is 0.459. The van der Waals surface area contributed by atoms with Crippen molar-refractivity contribution in [2.45, 2.75) is 71.8 Å². The Kier molecular flexibility index (Phi) is 9.62. The second-order valence-corrected chi connectivity index (χ2v) is 8.30. The zero-order valence-electron chi connectivity index (χ0n) is 15.9. The molecule has 1 heterocycles. The summed E-state index contributed by atoms with van der Waals surface area (Å²) in [5, 5.41) is 0. The third kappa shape index (κ3) is 9.81. The SMILES string of the molecule is CO[C@@H](CCCCCN1CCN(C)CC1)CCCC(C)(C)C. The average Bonchev–Trinajstić information content (AvgIpc) is 2.45. The largest absolute Gasteiger partial charge is 0.381 e. The highest BCUT2D eigenvalue weighted by molar-refractivity contribution is 4.69. The van der Waals surface area contributed by atoms with E-state index in [1.54, 1.807) is 0 Å². The predicted octanol–water partition coefficient (Wildman–Crippen LogP) is 4.03. The lowest BCUT2D eigenvalue weighted by Gasteiger charge is -2.32. The fourth-order valence-electron chi connectivity index (χ4n) is 3.20. The number of nitrogens with zero attached hydrogens (tertiary/aromatic N) is 2. The van der Waals surface area contributed by atoms with E-state index in [-0.39, 0.29) is 0 Å². The molecule has 1 fully saturated rings. The summed E-state index contributed by atoms with van der Waals surface area (Å²) in [4.78, 5) is 5.05. The molecule has 0 aliphatic carbocycles. The fourth-order valence-corrected chi connectivity index (χ4v) is 3.20. The Labute approximate surface area is 139 Å². The molecule has 0 aromatic rings. The Morgan fingerprint density at radius 2 is 1.55 bits per heavy atom. The normalized spacial score (nSPS) is 19.5. The lowest BCUT2D eigenvalue weighted by atomic mass is 9.89. The minimum atomic E-state index is 0.459. The van der Waals surface area contributed by atoms with E-state index in [4.69, 9.17) is 4.74 Å². The molecular weight excluding hydrogens is 272 g/mol. The second-order valence-electron chi connectivity index (χ2n) is 8.30. The number of rotatable bonds is 10. The molecule has 0 aromatic heterocycles. The van der Waals surface area contributed by atoms with Gasteiger partial charge in [0.05, 0.1) is 6.10 Å². The number of piperazine rings is 1. The smallest absolute Gasteiger partial charge is 0.0571 e. The summed E-state index contributed by atoms with van der Waals surface area (Å²) < 4.78 is 5.66. The fraction of sp³-hybridized carbons (Fsp3) is 1.00. The molecule has 1 aliphatic rings. The first-order valence-electron chi connectivity index (χ1n) is 9.34. The lowest BCUT2D eigenvalue weighted by molar-refractivity contribution is 0.0804. The molecule has 0 bridgehead atoms. The molecule has 3 nitrogen and oxygen atoms in total. The van der Waals surface area contributed by atoms with Gasteiger partial charge in [0.1, 0.15) is 0 Å². The van der Waals surface area contributed by atoms with Gasteiger partial charge >= 0.3 is 0 Å². The van der Waals surface area contributed by atoms with Crippen molar-refractivity contribution in [1.29, 1.82) is 0 Å². The van der Waals surface area contributed by atoms with Crippen LogP contribution in [0, 0.1) is 5.41 Å². The van der Waals surface area contributed by atoms with Crippen molar-refractivity contribution in [2.75, 3.05) is 46.9 Å². The van der Waals surface area contributed by atoms with Crippen LogP contribution in [0.15, 0.2) is 0 Å². The van der Waals surface area contributed by atoms with Crippen LogP contribution in [-0.2, 0) is 4.74 Å². The number of unbranched alkanes of at least 4 members (excludes halogenated alkanes) is 2. The zero-order valence-corrected chi connectivity index (χ0v) is 15.9. The van der Waals surface area contributed by atoms with Gasteiger partial charge in [0.25, 0.3) is 0 Å². The van der Waals surface area contributed by atoms with Crippen molar-refractivity contribution in [2.24, 2.45) is 5.41 Å². The molecule has 1 aliphatic heterocycles. The summed E-state index contributed by atoms with van der Waals surface area (Å²) >= 11 is 0. The highest BCUT2D eigenvalue weighted by Crippen LogP contribution is 2.23. The Morgan fingerprint density at radius 1 is 0.909 bits per heavy atom. The summed E-state index contributed by atoms with van der Waals surface area (Å²) in [6.45, 7) is 13.2. The van der Waals surface area contributed by atoms with Crippen LogP contribution in [0.3, 0.4) is 0 Å². The molecular formula is C19H40N2O. The molecule has 0 aromatic carbocycles. The molecule has 0 spiro atoms. The standard InChI is InChI=1S/C19H40N2O/c1-19(2,3)12-9-11-18(22-5)10-7-6-8-13-21-16-14-20(4)15-17-21/h18H,6-17H2,1-5H3/t18-/m0/s1. The van der Waals surface area contributed by atoms with Crippen molar-refractivity contribution in [3.63, 3.8) is 0 Å². The van der Waals surface area contributed by atoms with Gasteiger partial charge in [0.2, 0.25) is 0 Å². The van der Waals surface area contributed by atoms with E-state index >= 15 is 0 Å². The van der Waals surface area contributed by atoms with Gasteiger partial charge in [-0.3, -0.25) is 0 Å². The maximum absolute atomic E-state index is 5.66. The Hall–Kier alpha value is -0.120. The van der Waals surface area contributed by atoms with Gasteiger partial charge in [-0.2, -0.15) is 0 Å². The number of hydrogen-bond acceptors (Lipinski definition) is 3. The van der Waals surface area contributed by atoms with E-state index in [0.29, 0.717) is 11.5 Å². The Balaban J connectivity index is 1.99. The van der Waals surface area contributed by atoms with Crippen LogP contribution >= 0.6 is 0 Å². The van der Waals surface area contributed by atoms with Crippen molar-refractivity contribution >= 4 is 0 Å². The van der Waals surface area contributed by atoms with E-state index in [0.717, 1.165) is 0 Å². The first-order chi connectivity index (χ1) is 10.4.